The zero-order valence-corrected chi connectivity index (χ0v) is 15.8. The maximum atomic E-state index is 13.0. The average Bonchev–Trinajstić information content (AvgIpc) is 2.66. The molecule has 0 bridgehead atoms. The predicted octanol–water partition coefficient (Wildman–Crippen LogP) is 5.54. The summed E-state index contributed by atoms with van der Waals surface area (Å²) in [5.74, 6) is -0.792. The number of rotatable bonds is 5. The summed E-state index contributed by atoms with van der Waals surface area (Å²) < 4.78 is 6.39. The van der Waals surface area contributed by atoms with Crippen molar-refractivity contribution in [3.05, 3.63) is 106 Å². The molecular formula is C22H17BrO3. The molecule has 3 aromatic rings. The van der Waals surface area contributed by atoms with Gasteiger partial charge in [-0.05, 0) is 25.1 Å². The summed E-state index contributed by atoms with van der Waals surface area (Å²) >= 11 is 3.34. The van der Waals surface area contributed by atoms with Crippen LogP contribution in [0, 0.1) is 6.92 Å². The van der Waals surface area contributed by atoms with Gasteiger partial charge in [0, 0.05) is 15.6 Å². The first-order chi connectivity index (χ1) is 12.5. The van der Waals surface area contributed by atoms with Gasteiger partial charge in [0.25, 0.3) is 0 Å². The fourth-order valence-corrected chi connectivity index (χ4v) is 2.96. The number of Topliss-reactive ketones (excluding diaryl/α,β-unsaturated/α-hetero) is 1. The number of hydrogen-bond donors (Lipinski definition) is 0. The molecule has 26 heavy (non-hydrogen) atoms. The fourth-order valence-electron chi connectivity index (χ4n) is 2.56. The highest BCUT2D eigenvalue weighted by molar-refractivity contribution is 9.10. The highest BCUT2D eigenvalue weighted by atomic mass is 79.9. The van der Waals surface area contributed by atoms with Crippen molar-refractivity contribution < 1.29 is 14.3 Å². The van der Waals surface area contributed by atoms with Crippen LogP contribution >= 0.6 is 15.9 Å². The third kappa shape index (κ3) is 4.27. The van der Waals surface area contributed by atoms with Crippen molar-refractivity contribution in [1.82, 2.24) is 0 Å². The molecule has 0 fully saturated rings. The van der Waals surface area contributed by atoms with Crippen molar-refractivity contribution in [2.24, 2.45) is 0 Å². The Morgan fingerprint density at radius 3 is 2.19 bits per heavy atom. The summed E-state index contributed by atoms with van der Waals surface area (Å²) in [7, 11) is 0. The molecule has 0 heterocycles. The largest absolute Gasteiger partial charge is 0.445 e. The Labute approximate surface area is 160 Å². The molecule has 0 spiro atoms. The number of esters is 1. The van der Waals surface area contributed by atoms with Crippen molar-refractivity contribution in [3.63, 3.8) is 0 Å². The molecule has 0 N–H and O–H groups in total. The van der Waals surface area contributed by atoms with Crippen LogP contribution in [-0.4, -0.2) is 11.8 Å². The fraction of sp³-hybridized carbons (Fsp3) is 0.0909. The molecule has 0 aliphatic heterocycles. The van der Waals surface area contributed by atoms with Crippen molar-refractivity contribution in [2.45, 2.75) is 13.0 Å². The van der Waals surface area contributed by atoms with E-state index in [1.807, 2.05) is 43.3 Å². The van der Waals surface area contributed by atoms with E-state index in [1.54, 1.807) is 42.5 Å². The SMILES string of the molecule is Cc1ccc(C(=O)C(OC(=O)c2cccc(Br)c2)c2ccccc2)cc1. The van der Waals surface area contributed by atoms with Crippen molar-refractivity contribution in [3.8, 4) is 0 Å². The normalized spacial score (nSPS) is 11.6. The molecule has 0 aromatic heterocycles. The molecule has 0 aliphatic rings. The highest BCUT2D eigenvalue weighted by Gasteiger charge is 2.26. The van der Waals surface area contributed by atoms with E-state index in [4.69, 9.17) is 4.74 Å². The summed E-state index contributed by atoms with van der Waals surface area (Å²) in [6, 6.07) is 23.2. The van der Waals surface area contributed by atoms with Gasteiger partial charge in [0.2, 0.25) is 5.78 Å². The third-order valence-electron chi connectivity index (χ3n) is 3.96. The maximum Gasteiger partial charge on any atom is 0.339 e. The Morgan fingerprint density at radius 2 is 1.54 bits per heavy atom. The Bertz CT molecular complexity index is 918. The second-order valence-corrected chi connectivity index (χ2v) is 6.85. The highest BCUT2D eigenvalue weighted by Crippen LogP contribution is 2.25. The molecular weight excluding hydrogens is 392 g/mol. The summed E-state index contributed by atoms with van der Waals surface area (Å²) in [6.45, 7) is 1.95. The van der Waals surface area contributed by atoms with E-state index in [0.717, 1.165) is 10.0 Å². The topological polar surface area (TPSA) is 43.4 Å². The minimum Gasteiger partial charge on any atom is -0.445 e. The number of ether oxygens (including phenoxy) is 1. The Kier molecular flexibility index (Phi) is 5.64. The van der Waals surface area contributed by atoms with Gasteiger partial charge in [-0.3, -0.25) is 4.79 Å². The third-order valence-corrected chi connectivity index (χ3v) is 4.45. The predicted molar refractivity (Wildman–Crippen MR) is 104 cm³/mol. The summed E-state index contributed by atoms with van der Waals surface area (Å²) in [6.07, 6.45) is -0.995. The molecule has 3 rings (SSSR count). The number of carbonyl (C=O) groups excluding carboxylic acids is 2. The monoisotopic (exact) mass is 408 g/mol. The zero-order valence-electron chi connectivity index (χ0n) is 14.2. The van der Waals surface area contributed by atoms with E-state index >= 15 is 0 Å². The standard InChI is InChI=1S/C22H17BrO3/c1-15-10-12-16(13-11-15)20(24)21(17-6-3-2-4-7-17)26-22(25)18-8-5-9-19(23)14-18/h2-14,21H,1H3. The molecule has 0 radical (unpaired) electrons. The lowest BCUT2D eigenvalue weighted by Gasteiger charge is -2.17. The first-order valence-electron chi connectivity index (χ1n) is 8.17. The van der Waals surface area contributed by atoms with E-state index in [9.17, 15) is 9.59 Å². The number of hydrogen-bond acceptors (Lipinski definition) is 3. The van der Waals surface area contributed by atoms with E-state index in [1.165, 1.54) is 0 Å². The van der Waals surface area contributed by atoms with Gasteiger partial charge in [-0.15, -0.1) is 0 Å². The second-order valence-electron chi connectivity index (χ2n) is 5.94. The molecule has 0 aliphatic carbocycles. The van der Waals surface area contributed by atoms with E-state index in [-0.39, 0.29) is 5.78 Å². The van der Waals surface area contributed by atoms with Crippen molar-refractivity contribution >= 4 is 27.7 Å². The van der Waals surface area contributed by atoms with Gasteiger partial charge < -0.3 is 4.74 Å². The molecule has 3 nitrogen and oxygen atoms in total. The van der Waals surface area contributed by atoms with Crippen LogP contribution in [0.5, 0.6) is 0 Å². The average molecular weight is 409 g/mol. The molecule has 1 unspecified atom stereocenters. The minimum atomic E-state index is -0.995. The van der Waals surface area contributed by atoms with Gasteiger partial charge in [0.05, 0.1) is 5.56 Å². The van der Waals surface area contributed by atoms with E-state index < -0.39 is 12.1 Å². The van der Waals surface area contributed by atoms with Crippen LogP contribution in [0.25, 0.3) is 0 Å². The van der Waals surface area contributed by atoms with Gasteiger partial charge >= 0.3 is 5.97 Å². The Morgan fingerprint density at radius 1 is 0.846 bits per heavy atom. The first-order valence-corrected chi connectivity index (χ1v) is 8.96. The zero-order chi connectivity index (χ0) is 18.5. The smallest absolute Gasteiger partial charge is 0.339 e. The molecule has 0 amide bonds. The number of ketones is 1. The van der Waals surface area contributed by atoms with Crippen LogP contribution in [0.3, 0.4) is 0 Å². The maximum absolute atomic E-state index is 13.0. The van der Waals surface area contributed by atoms with Crippen LogP contribution in [0.15, 0.2) is 83.3 Å². The van der Waals surface area contributed by atoms with Gasteiger partial charge in [0.1, 0.15) is 0 Å². The van der Waals surface area contributed by atoms with Gasteiger partial charge in [-0.1, -0.05) is 82.2 Å². The van der Waals surface area contributed by atoms with Crippen LogP contribution in [0.1, 0.15) is 37.9 Å². The second kappa shape index (κ2) is 8.11. The Hall–Kier alpha value is -2.72. The Balaban J connectivity index is 1.92. The summed E-state index contributed by atoms with van der Waals surface area (Å²) in [5.41, 5.74) is 2.59. The number of halogens is 1. The van der Waals surface area contributed by atoms with Gasteiger partial charge in [-0.2, -0.15) is 0 Å². The molecule has 0 saturated heterocycles. The number of aryl methyl sites for hydroxylation is 1. The molecule has 130 valence electrons. The summed E-state index contributed by atoms with van der Waals surface area (Å²) in [4.78, 5) is 25.6. The van der Waals surface area contributed by atoms with Gasteiger partial charge in [0.15, 0.2) is 6.10 Å². The lowest BCUT2D eigenvalue weighted by Crippen LogP contribution is -2.20. The van der Waals surface area contributed by atoms with Crippen LogP contribution < -0.4 is 0 Å². The number of benzene rings is 3. The number of carbonyl (C=O) groups is 2. The molecule has 0 saturated carbocycles. The first kappa shape index (κ1) is 18.1. The lowest BCUT2D eigenvalue weighted by molar-refractivity contribution is 0.0280. The van der Waals surface area contributed by atoms with Gasteiger partial charge in [-0.25, -0.2) is 4.79 Å². The lowest BCUT2D eigenvalue weighted by atomic mass is 9.99. The quantitative estimate of drug-likeness (QED) is 0.411. The van der Waals surface area contributed by atoms with E-state index in [0.29, 0.717) is 16.7 Å². The van der Waals surface area contributed by atoms with Crippen LogP contribution in [-0.2, 0) is 4.74 Å². The molecule has 1 atom stereocenters. The summed E-state index contributed by atoms with van der Waals surface area (Å²) in [5, 5.41) is 0. The molecule has 3 aromatic carbocycles. The van der Waals surface area contributed by atoms with Crippen LogP contribution in [0.4, 0.5) is 0 Å². The molecule has 4 heteroatoms. The van der Waals surface area contributed by atoms with Crippen LogP contribution in [0.2, 0.25) is 0 Å². The van der Waals surface area contributed by atoms with Crippen molar-refractivity contribution in [2.75, 3.05) is 0 Å². The van der Waals surface area contributed by atoms with E-state index in [2.05, 4.69) is 15.9 Å². The minimum absolute atomic E-state index is 0.250. The van der Waals surface area contributed by atoms with Crippen molar-refractivity contribution in [1.29, 1.82) is 0 Å².